The summed E-state index contributed by atoms with van der Waals surface area (Å²) in [4.78, 5) is 16.4. The molecule has 1 N–H and O–H groups in total. The Balaban J connectivity index is 1.42. The van der Waals surface area contributed by atoms with Gasteiger partial charge in [0.25, 0.3) is 0 Å². The van der Waals surface area contributed by atoms with Gasteiger partial charge in [0.1, 0.15) is 12.2 Å². The monoisotopic (exact) mass is 329 g/mol. The Kier molecular flexibility index (Phi) is 5.65. The third-order valence-corrected chi connectivity index (χ3v) is 4.77. The van der Waals surface area contributed by atoms with Crippen molar-refractivity contribution in [2.24, 2.45) is 5.92 Å². The first-order valence-electron chi connectivity index (χ1n) is 8.65. The maximum Gasteiger partial charge on any atom is 0.223 e. The molecule has 3 rings (SSSR count). The number of rotatable bonds is 4. The smallest absolute Gasteiger partial charge is 0.223 e. The van der Waals surface area contributed by atoms with Crippen molar-refractivity contribution in [3.63, 3.8) is 0 Å². The van der Waals surface area contributed by atoms with Crippen molar-refractivity contribution in [1.29, 1.82) is 5.26 Å². The Morgan fingerprint density at radius 1 is 1.21 bits per heavy atom. The molecule has 24 heavy (non-hydrogen) atoms. The lowest BCUT2D eigenvalue weighted by Gasteiger charge is -2.31. The molecule has 1 aromatic rings. The topological polar surface area (TPSA) is 84.2 Å². The van der Waals surface area contributed by atoms with Crippen molar-refractivity contribution in [2.75, 3.05) is 13.2 Å². The van der Waals surface area contributed by atoms with Crippen molar-refractivity contribution in [3.05, 3.63) is 23.9 Å². The number of nitrogens with one attached hydrogen (secondary N) is 1. The van der Waals surface area contributed by atoms with Crippen LogP contribution in [0.1, 0.15) is 44.1 Å². The summed E-state index contributed by atoms with van der Waals surface area (Å²) in [5.74, 6) is 0.843. The van der Waals surface area contributed by atoms with Crippen LogP contribution in [0.2, 0.25) is 0 Å². The van der Waals surface area contributed by atoms with Gasteiger partial charge < -0.3 is 14.8 Å². The van der Waals surface area contributed by atoms with E-state index in [-0.39, 0.29) is 24.0 Å². The van der Waals surface area contributed by atoms with Gasteiger partial charge in [-0.25, -0.2) is 4.98 Å². The molecule has 0 spiro atoms. The second-order valence-electron chi connectivity index (χ2n) is 6.48. The highest BCUT2D eigenvalue weighted by Crippen LogP contribution is 2.24. The van der Waals surface area contributed by atoms with E-state index in [2.05, 4.69) is 10.3 Å². The summed E-state index contributed by atoms with van der Waals surface area (Å²) in [6.45, 7) is 1.38. The number of ether oxygens (including phenoxy) is 2. The van der Waals surface area contributed by atoms with Gasteiger partial charge in [-0.3, -0.25) is 4.79 Å². The lowest BCUT2D eigenvalue weighted by molar-refractivity contribution is -0.128. The van der Waals surface area contributed by atoms with Gasteiger partial charge in [-0.15, -0.1) is 0 Å². The highest BCUT2D eigenvalue weighted by Gasteiger charge is 2.27. The van der Waals surface area contributed by atoms with E-state index in [4.69, 9.17) is 14.7 Å². The molecule has 1 saturated carbocycles. The Morgan fingerprint density at radius 3 is 2.58 bits per heavy atom. The fraction of sp³-hybridized carbons (Fsp3) is 0.611. The lowest BCUT2D eigenvalue weighted by Crippen LogP contribution is -2.43. The number of nitrogens with zero attached hydrogens (tertiary/aromatic N) is 2. The van der Waals surface area contributed by atoms with Crippen LogP contribution in [0, 0.1) is 17.2 Å². The van der Waals surface area contributed by atoms with E-state index in [9.17, 15) is 4.79 Å². The summed E-state index contributed by atoms with van der Waals surface area (Å²) in [7, 11) is 0. The summed E-state index contributed by atoms with van der Waals surface area (Å²) in [5, 5.41) is 12.0. The first-order chi connectivity index (χ1) is 11.7. The minimum absolute atomic E-state index is 0.107. The van der Waals surface area contributed by atoms with Gasteiger partial charge in [-0.1, -0.05) is 0 Å². The van der Waals surface area contributed by atoms with Crippen LogP contribution in [-0.2, 0) is 9.53 Å². The van der Waals surface area contributed by atoms with E-state index in [1.165, 1.54) is 6.20 Å². The number of carbonyl (C=O) groups is 1. The highest BCUT2D eigenvalue weighted by atomic mass is 16.5. The maximum atomic E-state index is 12.3. The maximum absolute atomic E-state index is 12.3. The predicted octanol–water partition coefficient (Wildman–Crippen LogP) is 2.19. The number of aromatic nitrogens is 1. The zero-order valence-electron chi connectivity index (χ0n) is 13.7. The van der Waals surface area contributed by atoms with Gasteiger partial charge in [-0.2, -0.15) is 5.26 Å². The molecule has 128 valence electrons. The molecule has 1 aromatic heterocycles. The third kappa shape index (κ3) is 4.45. The minimum atomic E-state index is 0.107. The van der Waals surface area contributed by atoms with Gasteiger partial charge in [0, 0.05) is 37.4 Å². The average Bonchev–Trinajstić information content (AvgIpc) is 2.65. The molecular formula is C18H23N3O3. The fourth-order valence-electron chi connectivity index (χ4n) is 3.29. The van der Waals surface area contributed by atoms with E-state index in [0.717, 1.165) is 38.5 Å². The predicted molar refractivity (Wildman–Crippen MR) is 87.3 cm³/mol. The second-order valence-corrected chi connectivity index (χ2v) is 6.48. The van der Waals surface area contributed by atoms with Crippen molar-refractivity contribution in [3.8, 4) is 11.9 Å². The minimum Gasteiger partial charge on any atom is -0.474 e. The number of hydrogen-bond acceptors (Lipinski definition) is 5. The van der Waals surface area contributed by atoms with Gasteiger partial charge in [0.15, 0.2) is 0 Å². The molecule has 1 amide bonds. The first-order valence-corrected chi connectivity index (χ1v) is 8.65. The molecule has 2 aliphatic rings. The van der Waals surface area contributed by atoms with E-state index in [1.54, 1.807) is 12.1 Å². The molecule has 0 aromatic carbocycles. The van der Waals surface area contributed by atoms with Crippen LogP contribution in [-0.4, -0.2) is 36.3 Å². The lowest BCUT2D eigenvalue weighted by atomic mass is 9.91. The van der Waals surface area contributed by atoms with E-state index in [0.29, 0.717) is 24.7 Å². The highest BCUT2D eigenvalue weighted by molar-refractivity contribution is 5.79. The van der Waals surface area contributed by atoms with Crippen LogP contribution in [0.3, 0.4) is 0 Å². The number of hydrogen-bond donors (Lipinski definition) is 1. The van der Waals surface area contributed by atoms with Gasteiger partial charge in [-0.05, 0) is 44.6 Å². The largest absolute Gasteiger partial charge is 0.474 e. The zero-order chi connectivity index (χ0) is 16.8. The molecule has 0 unspecified atom stereocenters. The summed E-state index contributed by atoms with van der Waals surface area (Å²) in [6.07, 6.45) is 6.96. The molecule has 0 atom stereocenters. The summed E-state index contributed by atoms with van der Waals surface area (Å²) >= 11 is 0. The molecule has 1 saturated heterocycles. The number of amides is 1. The van der Waals surface area contributed by atoms with Gasteiger partial charge in [0.05, 0.1) is 5.56 Å². The Bertz CT molecular complexity index is 583. The van der Waals surface area contributed by atoms with Crippen LogP contribution in [0.5, 0.6) is 5.88 Å². The summed E-state index contributed by atoms with van der Waals surface area (Å²) < 4.78 is 11.2. The van der Waals surface area contributed by atoms with Crippen LogP contribution in [0.4, 0.5) is 0 Å². The Labute approximate surface area is 142 Å². The molecule has 6 nitrogen and oxygen atoms in total. The zero-order valence-corrected chi connectivity index (χ0v) is 13.7. The standard InChI is InChI=1S/C18H23N3O3/c19-11-13-1-6-17(20-12-13)24-16-4-2-15(3-5-16)21-18(22)14-7-9-23-10-8-14/h1,6,12,14-16H,2-5,7-10H2,(H,21,22). The number of carbonyl (C=O) groups excluding carboxylic acids is 1. The quantitative estimate of drug-likeness (QED) is 0.915. The average molecular weight is 329 g/mol. The summed E-state index contributed by atoms with van der Waals surface area (Å²) in [5.41, 5.74) is 0.530. The normalized spacial score (nSPS) is 24.8. The van der Waals surface area contributed by atoms with Crippen molar-refractivity contribution in [1.82, 2.24) is 10.3 Å². The molecule has 6 heteroatoms. The van der Waals surface area contributed by atoms with Crippen molar-refractivity contribution >= 4 is 5.91 Å². The van der Waals surface area contributed by atoms with Crippen LogP contribution in [0.25, 0.3) is 0 Å². The first kappa shape index (κ1) is 16.7. The summed E-state index contributed by atoms with van der Waals surface area (Å²) in [6, 6.07) is 5.73. The second kappa shape index (κ2) is 8.11. The van der Waals surface area contributed by atoms with Gasteiger partial charge in [0.2, 0.25) is 11.8 Å². The molecular weight excluding hydrogens is 306 g/mol. The molecule has 0 radical (unpaired) electrons. The SMILES string of the molecule is N#Cc1ccc(OC2CCC(NC(=O)C3CCOCC3)CC2)nc1. The van der Waals surface area contributed by atoms with Crippen LogP contribution < -0.4 is 10.1 Å². The molecule has 0 bridgehead atoms. The van der Waals surface area contributed by atoms with E-state index in [1.807, 2.05) is 6.07 Å². The van der Waals surface area contributed by atoms with Crippen molar-refractivity contribution in [2.45, 2.75) is 50.7 Å². The number of pyridine rings is 1. The molecule has 1 aliphatic heterocycles. The van der Waals surface area contributed by atoms with Crippen LogP contribution in [0.15, 0.2) is 18.3 Å². The molecule has 1 aliphatic carbocycles. The van der Waals surface area contributed by atoms with E-state index >= 15 is 0 Å². The number of nitriles is 1. The third-order valence-electron chi connectivity index (χ3n) is 4.77. The van der Waals surface area contributed by atoms with Crippen LogP contribution >= 0.6 is 0 Å². The Hall–Kier alpha value is -2.13. The van der Waals surface area contributed by atoms with E-state index < -0.39 is 0 Å². The molecule has 2 fully saturated rings. The fourth-order valence-corrected chi connectivity index (χ4v) is 3.29. The van der Waals surface area contributed by atoms with Crippen molar-refractivity contribution < 1.29 is 14.3 Å². The van der Waals surface area contributed by atoms with Gasteiger partial charge >= 0.3 is 0 Å². The Morgan fingerprint density at radius 2 is 1.96 bits per heavy atom. The molecule has 2 heterocycles.